The summed E-state index contributed by atoms with van der Waals surface area (Å²) in [5.74, 6) is 0.0716. The van der Waals surface area contributed by atoms with E-state index in [0.29, 0.717) is 21.4 Å². The Kier molecular flexibility index (Phi) is 4.14. The minimum absolute atomic E-state index is 0.0716. The van der Waals surface area contributed by atoms with Gasteiger partial charge in [-0.05, 0) is 30.3 Å². The fourth-order valence-electron chi connectivity index (χ4n) is 1.46. The molecule has 0 heterocycles. The van der Waals surface area contributed by atoms with Gasteiger partial charge in [-0.25, -0.2) is 4.79 Å². The van der Waals surface area contributed by atoms with E-state index in [-0.39, 0.29) is 5.75 Å². The van der Waals surface area contributed by atoms with Crippen LogP contribution in [-0.2, 0) is 0 Å². The lowest BCUT2D eigenvalue weighted by atomic mass is 10.3. The molecule has 0 bridgehead atoms. The third-order valence-corrected chi connectivity index (χ3v) is 2.83. The maximum absolute atomic E-state index is 11.7. The predicted octanol–water partition coefficient (Wildman–Crippen LogP) is 4.34. The van der Waals surface area contributed by atoms with Crippen LogP contribution < -0.4 is 10.6 Å². The standard InChI is InChI=1S/C13H10Cl2N2O2/c14-8-4-5-12(11(15)6-8)17-13(19)16-9-2-1-3-10(18)7-9/h1-7,18H,(H2,16,17,19). The summed E-state index contributed by atoms with van der Waals surface area (Å²) in [6.45, 7) is 0. The van der Waals surface area contributed by atoms with Crippen molar-refractivity contribution in [2.75, 3.05) is 10.6 Å². The van der Waals surface area contributed by atoms with Gasteiger partial charge in [0.2, 0.25) is 0 Å². The molecule has 0 unspecified atom stereocenters. The number of hydrogen-bond acceptors (Lipinski definition) is 2. The van der Waals surface area contributed by atoms with E-state index < -0.39 is 6.03 Å². The first kappa shape index (κ1) is 13.5. The number of urea groups is 1. The van der Waals surface area contributed by atoms with Crippen molar-refractivity contribution in [3.8, 4) is 5.75 Å². The van der Waals surface area contributed by atoms with Gasteiger partial charge in [0.1, 0.15) is 5.75 Å². The molecule has 3 N–H and O–H groups in total. The first-order valence-electron chi connectivity index (χ1n) is 5.37. The van der Waals surface area contributed by atoms with Crippen LogP contribution in [0, 0.1) is 0 Å². The maximum Gasteiger partial charge on any atom is 0.323 e. The average Bonchev–Trinajstić information content (AvgIpc) is 2.33. The van der Waals surface area contributed by atoms with Gasteiger partial charge < -0.3 is 15.7 Å². The van der Waals surface area contributed by atoms with Gasteiger partial charge in [-0.15, -0.1) is 0 Å². The van der Waals surface area contributed by atoms with Gasteiger partial charge in [0, 0.05) is 16.8 Å². The zero-order valence-electron chi connectivity index (χ0n) is 9.65. The monoisotopic (exact) mass is 296 g/mol. The van der Waals surface area contributed by atoms with Crippen molar-refractivity contribution in [2.24, 2.45) is 0 Å². The Balaban J connectivity index is 2.05. The van der Waals surface area contributed by atoms with Crippen LogP contribution in [0.4, 0.5) is 16.2 Å². The SMILES string of the molecule is O=C(Nc1cccc(O)c1)Nc1ccc(Cl)cc1Cl. The molecule has 2 aromatic carbocycles. The summed E-state index contributed by atoms with van der Waals surface area (Å²) in [5, 5.41) is 15.3. The Labute approximate surface area is 120 Å². The number of nitrogens with one attached hydrogen (secondary N) is 2. The Morgan fingerprint density at radius 1 is 1.05 bits per heavy atom. The smallest absolute Gasteiger partial charge is 0.323 e. The molecule has 0 fully saturated rings. The van der Waals surface area contributed by atoms with E-state index in [2.05, 4.69) is 10.6 Å². The summed E-state index contributed by atoms with van der Waals surface area (Å²) in [6, 6.07) is 10.5. The predicted molar refractivity (Wildman–Crippen MR) is 77.2 cm³/mol. The Bertz CT molecular complexity index is 617. The Morgan fingerprint density at radius 2 is 1.84 bits per heavy atom. The lowest BCUT2D eigenvalue weighted by Gasteiger charge is -2.09. The highest BCUT2D eigenvalue weighted by Gasteiger charge is 2.06. The summed E-state index contributed by atoms with van der Waals surface area (Å²) in [4.78, 5) is 11.7. The van der Waals surface area contributed by atoms with Gasteiger partial charge in [0.25, 0.3) is 0 Å². The summed E-state index contributed by atoms with van der Waals surface area (Å²) >= 11 is 11.7. The third-order valence-electron chi connectivity index (χ3n) is 2.28. The molecule has 0 aliphatic heterocycles. The van der Waals surface area contributed by atoms with Crippen molar-refractivity contribution in [3.63, 3.8) is 0 Å². The molecule has 2 rings (SSSR count). The lowest BCUT2D eigenvalue weighted by molar-refractivity contribution is 0.262. The van der Waals surface area contributed by atoms with Crippen LogP contribution in [-0.4, -0.2) is 11.1 Å². The van der Waals surface area contributed by atoms with E-state index in [1.165, 1.54) is 18.2 Å². The van der Waals surface area contributed by atoms with Gasteiger partial charge in [-0.2, -0.15) is 0 Å². The molecule has 6 heteroatoms. The molecular formula is C13H10Cl2N2O2. The molecule has 0 saturated heterocycles. The van der Waals surface area contributed by atoms with Gasteiger partial charge in [0.05, 0.1) is 10.7 Å². The summed E-state index contributed by atoms with van der Waals surface area (Å²) in [6.07, 6.45) is 0. The zero-order valence-corrected chi connectivity index (χ0v) is 11.2. The number of carbonyl (C=O) groups is 1. The molecule has 0 saturated carbocycles. The second-order valence-corrected chi connectivity index (χ2v) is 4.60. The fraction of sp³-hybridized carbons (Fsp3) is 0. The molecule has 0 aromatic heterocycles. The molecule has 98 valence electrons. The van der Waals surface area contributed by atoms with Crippen molar-refractivity contribution in [2.45, 2.75) is 0 Å². The number of aromatic hydroxyl groups is 1. The fourth-order valence-corrected chi connectivity index (χ4v) is 1.91. The van der Waals surface area contributed by atoms with Gasteiger partial charge in [-0.3, -0.25) is 0 Å². The third kappa shape index (κ3) is 3.77. The number of phenols is 1. The van der Waals surface area contributed by atoms with Crippen LogP contribution in [0.2, 0.25) is 10.0 Å². The van der Waals surface area contributed by atoms with Crippen LogP contribution >= 0.6 is 23.2 Å². The van der Waals surface area contributed by atoms with Gasteiger partial charge in [0.15, 0.2) is 0 Å². The van der Waals surface area contributed by atoms with E-state index in [0.717, 1.165) is 0 Å². The highest BCUT2D eigenvalue weighted by atomic mass is 35.5. The van der Waals surface area contributed by atoms with Crippen LogP contribution in [0.5, 0.6) is 5.75 Å². The molecule has 19 heavy (non-hydrogen) atoms. The second-order valence-electron chi connectivity index (χ2n) is 3.75. The molecule has 0 radical (unpaired) electrons. The van der Waals surface area contributed by atoms with Crippen molar-refractivity contribution in [1.29, 1.82) is 0 Å². The number of halogens is 2. The number of anilines is 2. The van der Waals surface area contributed by atoms with E-state index >= 15 is 0 Å². The van der Waals surface area contributed by atoms with Crippen LogP contribution in [0.3, 0.4) is 0 Å². The summed E-state index contributed by atoms with van der Waals surface area (Å²) < 4.78 is 0. The first-order valence-corrected chi connectivity index (χ1v) is 6.12. The molecular weight excluding hydrogens is 287 g/mol. The molecule has 2 aromatic rings. The molecule has 2 amide bonds. The summed E-state index contributed by atoms with van der Waals surface area (Å²) in [7, 11) is 0. The highest BCUT2D eigenvalue weighted by molar-refractivity contribution is 6.36. The lowest BCUT2D eigenvalue weighted by Crippen LogP contribution is -2.19. The molecule has 0 aliphatic rings. The molecule has 0 atom stereocenters. The second kappa shape index (κ2) is 5.82. The number of benzene rings is 2. The highest BCUT2D eigenvalue weighted by Crippen LogP contribution is 2.25. The Hall–Kier alpha value is -1.91. The molecule has 0 spiro atoms. The number of hydrogen-bond donors (Lipinski definition) is 3. The minimum Gasteiger partial charge on any atom is -0.508 e. The summed E-state index contributed by atoms with van der Waals surface area (Å²) in [5.41, 5.74) is 0.923. The Morgan fingerprint density at radius 3 is 2.53 bits per heavy atom. The van der Waals surface area contributed by atoms with Crippen molar-refractivity contribution in [3.05, 3.63) is 52.5 Å². The quantitative estimate of drug-likeness (QED) is 0.772. The van der Waals surface area contributed by atoms with E-state index in [1.54, 1.807) is 24.3 Å². The number of amides is 2. The largest absolute Gasteiger partial charge is 0.508 e. The van der Waals surface area contributed by atoms with Crippen molar-refractivity contribution >= 4 is 40.6 Å². The minimum atomic E-state index is -0.463. The van der Waals surface area contributed by atoms with Crippen LogP contribution in [0.15, 0.2) is 42.5 Å². The molecule has 4 nitrogen and oxygen atoms in total. The zero-order chi connectivity index (χ0) is 13.8. The number of phenolic OH excluding ortho intramolecular Hbond substituents is 1. The number of carbonyl (C=O) groups excluding carboxylic acids is 1. The first-order chi connectivity index (χ1) is 9.04. The van der Waals surface area contributed by atoms with E-state index in [9.17, 15) is 9.90 Å². The van der Waals surface area contributed by atoms with Crippen molar-refractivity contribution < 1.29 is 9.90 Å². The average molecular weight is 297 g/mol. The van der Waals surface area contributed by atoms with Crippen molar-refractivity contribution in [1.82, 2.24) is 0 Å². The van der Waals surface area contributed by atoms with E-state index in [1.807, 2.05) is 0 Å². The van der Waals surface area contributed by atoms with Gasteiger partial charge >= 0.3 is 6.03 Å². The van der Waals surface area contributed by atoms with Crippen LogP contribution in [0.25, 0.3) is 0 Å². The normalized spacial score (nSPS) is 10.0. The topological polar surface area (TPSA) is 61.4 Å². The number of rotatable bonds is 2. The van der Waals surface area contributed by atoms with Gasteiger partial charge in [-0.1, -0.05) is 29.3 Å². The van der Waals surface area contributed by atoms with E-state index in [4.69, 9.17) is 23.2 Å². The molecule has 0 aliphatic carbocycles. The van der Waals surface area contributed by atoms with Crippen LogP contribution in [0.1, 0.15) is 0 Å². The maximum atomic E-state index is 11.7.